The second kappa shape index (κ2) is 5.25. The van der Waals surface area contributed by atoms with Crippen LogP contribution in [0.25, 0.3) is 0 Å². The second-order valence-electron chi connectivity index (χ2n) is 5.97. The Morgan fingerprint density at radius 3 is 2.47 bits per heavy atom. The van der Waals surface area contributed by atoms with Gasteiger partial charge in [-0.2, -0.15) is 0 Å². The molecule has 0 aromatic heterocycles. The third-order valence-corrected chi connectivity index (χ3v) is 4.29. The van der Waals surface area contributed by atoms with Crippen LogP contribution in [0.15, 0.2) is 0 Å². The van der Waals surface area contributed by atoms with E-state index < -0.39 is 0 Å². The van der Waals surface area contributed by atoms with Crippen LogP contribution >= 0.6 is 0 Å². The third kappa shape index (κ3) is 3.43. The van der Waals surface area contributed by atoms with Gasteiger partial charge in [-0.1, -0.05) is 0 Å². The van der Waals surface area contributed by atoms with E-state index in [0.29, 0.717) is 24.4 Å². The highest BCUT2D eigenvalue weighted by atomic mass is 16.6. The fourth-order valence-electron chi connectivity index (χ4n) is 3.18. The molecule has 0 amide bonds. The topological polar surface area (TPSA) is 31.0 Å². The SMILES string of the molecule is C[C@@H]1CCC(CC2COC(CCC3CO3)C2)O1. The molecule has 3 aliphatic heterocycles. The van der Waals surface area contributed by atoms with Gasteiger partial charge in [-0.15, -0.1) is 0 Å². The van der Waals surface area contributed by atoms with Gasteiger partial charge in [-0.25, -0.2) is 0 Å². The third-order valence-electron chi connectivity index (χ3n) is 4.29. The highest BCUT2D eigenvalue weighted by molar-refractivity contribution is 4.81. The molecule has 0 bridgehead atoms. The largest absolute Gasteiger partial charge is 0.378 e. The minimum absolute atomic E-state index is 0.477. The Hall–Kier alpha value is -0.120. The van der Waals surface area contributed by atoms with Gasteiger partial charge in [0.1, 0.15) is 0 Å². The Bertz CT molecular complexity index is 252. The molecule has 4 unspecified atom stereocenters. The van der Waals surface area contributed by atoms with Crippen LogP contribution in [0.5, 0.6) is 0 Å². The number of hydrogen-bond donors (Lipinski definition) is 0. The normalized spacial score (nSPS) is 45.4. The van der Waals surface area contributed by atoms with Gasteiger partial charge in [0, 0.05) is 6.61 Å². The summed E-state index contributed by atoms with van der Waals surface area (Å²) < 4.78 is 17.0. The fraction of sp³-hybridized carbons (Fsp3) is 1.00. The first-order chi connectivity index (χ1) is 8.29. The molecule has 3 saturated heterocycles. The molecule has 3 heterocycles. The lowest BCUT2D eigenvalue weighted by Gasteiger charge is -2.14. The minimum Gasteiger partial charge on any atom is -0.378 e. The van der Waals surface area contributed by atoms with Crippen LogP contribution in [0.3, 0.4) is 0 Å². The van der Waals surface area contributed by atoms with Crippen molar-refractivity contribution in [2.45, 2.75) is 69.9 Å². The molecule has 3 rings (SSSR count). The maximum absolute atomic E-state index is 5.89. The maximum Gasteiger partial charge on any atom is 0.0810 e. The number of hydrogen-bond acceptors (Lipinski definition) is 3. The van der Waals surface area contributed by atoms with Gasteiger partial charge in [0.15, 0.2) is 0 Å². The van der Waals surface area contributed by atoms with Gasteiger partial charge in [0.2, 0.25) is 0 Å². The monoisotopic (exact) mass is 240 g/mol. The van der Waals surface area contributed by atoms with Crippen molar-refractivity contribution in [1.29, 1.82) is 0 Å². The molecule has 5 atom stereocenters. The summed E-state index contributed by atoms with van der Waals surface area (Å²) in [6.07, 6.45) is 9.33. The summed E-state index contributed by atoms with van der Waals surface area (Å²) in [5.74, 6) is 0.732. The van der Waals surface area contributed by atoms with Crippen molar-refractivity contribution >= 4 is 0 Å². The molecule has 98 valence electrons. The average molecular weight is 240 g/mol. The molecule has 0 saturated carbocycles. The molecule has 3 aliphatic rings. The van der Waals surface area contributed by atoms with E-state index in [1.54, 1.807) is 0 Å². The predicted molar refractivity (Wildman–Crippen MR) is 65.0 cm³/mol. The zero-order valence-corrected chi connectivity index (χ0v) is 10.8. The van der Waals surface area contributed by atoms with Crippen molar-refractivity contribution in [2.24, 2.45) is 5.92 Å². The Labute approximate surface area is 104 Å². The van der Waals surface area contributed by atoms with Crippen molar-refractivity contribution in [2.75, 3.05) is 13.2 Å². The smallest absolute Gasteiger partial charge is 0.0810 e. The molecule has 3 fully saturated rings. The molecule has 0 N–H and O–H groups in total. The first-order valence-electron chi connectivity index (χ1n) is 7.18. The first-order valence-corrected chi connectivity index (χ1v) is 7.18. The van der Waals surface area contributed by atoms with E-state index in [9.17, 15) is 0 Å². The summed E-state index contributed by atoms with van der Waals surface area (Å²) >= 11 is 0. The lowest BCUT2D eigenvalue weighted by molar-refractivity contribution is 0.0381. The zero-order chi connectivity index (χ0) is 11.7. The van der Waals surface area contributed by atoms with Gasteiger partial charge in [-0.05, 0) is 51.4 Å². The van der Waals surface area contributed by atoms with Crippen LogP contribution in [0.2, 0.25) is 0 Å². The molecule has 17 heavy (non-hydrogen) atoms. The highest BCUT2D eigenvalue weighted by Gasteiger charge is 2.32. The lowest BCUT2D eigenvalue weighted by atomic mass is 9.95. The van der Waals surface area contributed by atoms with E-state index >= 15 is 0 Å². The van der Waals surface area contributed by atoms with E-state index in [1.807, 2.05) is 0 Å². The Morgan fingerprint density at radius 2 is 1.76 bits per heavy atom. The molecule has 0 spiro atoms. The quantitative estimate of drug-likeness (QED) is 0.692. The number of epoxide rings is 1. The van der Waals surface area contributed by atoms with Gasteiger partial charge in [-0.3, -0.25) is 0 Å². The van der Waals surface area contributed by atoms with Crippen LogP contribution in [0, 0.1) is 5.92 Å². The molecular weight excluding hydrogens is 216 g/mol. The van der Waals surface area contributed by atoms with Gasteiger partial charge >= 0.3 is 0 Å². The van der Waals surface area contributed by atoms with Crippen molar-refractivity contribution in [3.8, 4) is 0 Å². The molecule has 3 heteroatoms. The van der Waals surface area contributed by atoms with Crippen molar-refractivity contribution in [1.82, 2.24) is 0 Å². The standard InChI is InChI=1S/C14H24O3/c1-10-2-3-13(17-10)7-11-6-12(15-8-11)4-5-14-9-16-14/h10-14H,2-9H2,1H3/t10-,11?,12?,13?,14?/m1/s1. The maximum atomic E-state index is 5.89. The van der Waals surface area contributed by atoms with Gasteiger partial charge in [0.25, 0.3) is 0 Å². The van der Waals surface area contributed by atoms with E-state index in [-0.39, 0.29) is 0 Å². The Kier molecular flexibility index (Phi) is 3.69. The minimum atomic E-state index is 0.477. The molecule has 0 aromatic rings. The van der Waals surface area contributed by atoms with Crippen molar-refractivity contribution in [3.63, 3.8) is 0 Å². The van der Waals surface area contributed by atoms with E-state index in [1.165, 1.54) is 38.5 Å². The lowest BCUT2D eigenvalue weighted by Crippen LogP contribution is -2.14. The second-order valence-corrected chi connectivity index (χ2v) is 5.97. The molecule has 0 aromatic carbocycles. The first kappa shape index (κ1) is 11.9. The van der Waals surface area contributed by atoms with Crippen LogP contribution in [-0.4, -0.2) is 37.6 Å². The summed E-state index contributed by atoms with van der Waals surface area (Å²) in [5, 5.41) is 0. The summed E-state index contributed by atoms with van der Waals surface area (Å²) in [7, 11) is 0. The van der Waals surface area contributed by atoms with E-state index in [0.717, 1.165) is 19.1 Å². The summed E-state index contributed by atoms with van der Waals surface area (Å²) in [5.41, 5.74) is 0. The summed E-state index contributed by atoms with van der Waals surface area (Å²) in [6, 6.07) is 0. The predicted octanol–water partition coefficient (Wildman–Crippen LogP) is 2.53. The Morgan fingerprint density at radius 1 is 0.941 bits per heavy atom. The number of ether oxygens (including phenoxy) is 3. The van der Waals surface area contributed by atoms with Crippen LogP contribution in [0.4, 0.5) is 0 Å². The molecule has 3 nitrogen and oxygen atoms in total. The van der Waals surface area contributed by atoms with Crippen LogP contribution in [0.1, 0.15) is 45.4 Å². The van der Waals surface area contributed by atoms with E-state index in [4.69, 9.17) is 14.2 Å². The molecule has 0 radical (unpaired) electrons. The summed E-state index contributed by atoms with van der Waals surface area (Å²) in [4.78, 5) is 0. The highest BCUT2D eigenvalue weighted by Crippen LogP contribution is 2.32. The van der Waals surface area contributed by atoms with E-state index in [2.05, 4.69) is 6.92 Å². The number of rotatable bonds is 5. The molecular formula is C14H24O3. The summed E-state index contributed by atoms with van der Waals surface area (Å²) in [6.45, 7) is 4.11. The molecule has 0 aliphatic carbocycles. The fourth-order valence-corrected chi connectivity index (χ4v) is 3.18. The van der Waals surface area contributed by atoms with Crippen LogP contribution < -0.4 is 0 Å². The average Bonchev–Trinajstić information content (AvgIpc) is 2.90. The Balaban J connectivity index is 1.35. The van der Waals surface area contributed by atoms with Crippen molar-refractivity contribution in [3.05, 3.63) is 0 Å². The van der Waals surface area contributed by atoms with Gasteiger partial charge < -0.3 is 14.2 Å². The van der Waals surface area contributed by atoms with Crippen LogP contribution in [-0.2, 0) is 14.2 Å². The van der Waals surface area contributed by atoms with Gasteiger partial charge in [0.05, 0.1) is 31.0 Å². The van der Waals surface area contributed by atoms with Crippen molar-refractivity contribution < 1.29 is 14.2 Å². The zero-order valence-electron chi connectivity index (χ0n) is 10.8.